The van der Waals surface area contributed by atoms with Crippen LogP contribution in [0.25, 0.3) is 22.4 Å². The fourth-order valence-corrected chi connectivity index (χ4v) is 3.59. The molecule has 32 heavy (non-hydrogen) atoms. The van der Waals surface area contributed by atoms with E-state index < -0.39 is 25.0 Å². The minimum Gasteiger partial charge on any atom is -0.491 e. The SMILES string of the molecule is O=C(Nc1nccs1)c1cccc2[nH]c(-c3ccc(OCC(O)CO)cc3C(F)F)nc12. The Morgan fingerprint density at radius 1 is 1.28 bits per heavy atom. The van der Waals surface area contributed by atoms with Gasteiger partial charge >= 0.3 is 0 Å². The smallest absolute Gasteiger partial charge is 0.264 e. The predicted molar refractivity (Wildman–Crippen MR) is 115 cm³/mol. The molecule has 2 heterocycles. The summed E-state index contributed by atoms with van der Waals surface area (Å²) in [5.41, 5.74) is 0.949. The van der Waals surface area contributed by atoms with Gasteiger partial charge in [-0.25, -0.2) is 18.7 Å². The normalized spacial score (nSPS) is 12.3. The van der Waals surface area contributed by atoms with E-state index in [1.54, 1.807) is 29.8 Å². The van der Waals surface area contributed by atoms with E-state index in [2.05, 4.69) is 20.3 Å². The van der Waals surface area contributed by atoms with Crippen LogP contribution in [-0.4, -0.2) is 50.4 Å². The number of aliphatic hydroxyl groups excluding tert-OH is 2. The third-order valence-corrected chi connectivity index (χ3v) is 5.27. The third kappa shape index (κ3) is 4.59. The van der Waals surface area contributed by atoms with Crippen LogP contribution < -0.4 is 10.1 Å². The van der Waals surface area contributed by atoms with Gasteiger partial charge in [0.1, 0.15) is 29.8 Å². The number of thiazole rings is 1. The van der Waals surface area contributed by atoms with Crippen molar-refractivity contribution in [2.75, 3.05) is 18.5 Å². The van der Waals surface area contributed by atoms with Crippen LogP contribution in [-0.2, 0) is 0 Å². The number of ether oxygens (including phenoxy) is 1. The Balaban J connectivity index is 1.68. The first-order valence-electron chi connectivity index (χ1n) is 9.50. The van der Waals surface area contributed by atoms with Crippen LogP contribution in [0.4, 0.5) is 13.9 Å². The molecule has 1 amide bonds. The molecule has 0 fully saturated rings. The first kappa shape index (κ1) is 21.8. The van der Waals surface area contributed by atoms with Crippen molar-refractivity contribution in [2.24, 2.45) is 0 Å². The largest absolute Gasteiger partial charge is 0.491 e. The second kappa shape index (κ2) is 9.39. The second-order valence-corrected chi connectivity index (χ2v) is 7.67. The van der Waals surface area contributed by atoms with E-state index in [9.17, 15) is 18.7 Å². The summed E-state index contributed by atoms with van der Waals surface area (Å²) in [6, 6.07) is 9.00. The van der Waals surface area contributed by atoms with Gasteiger partial charge in [-0.2, -0.15) is 0 Å². The molecule has 0 spiro atoms. The number of carbonyl (C=O) groups is 1. The molecule has 0 aliphatic heterocycles. The quantitative estimate of drug-likeness (QED) is 0.319. The van der Waals surface area contributed by atoms with Crippen molar-refractivity contribution in [1.29, 1.82) is 0 Å². The van der Waals surface area contributed by atoms with Crippen LogP contribution in [0, 0.1) is 0 Å². The Labute approximate surface area is 184 Å². The van der Waals surface area contributed by atoms with Gasteiger partial charge in [0.15, 0.2) is 5.13 Å². The lowest BCUT2D eigenvalue weighted by Crippen LogP contribution is -2.21. The van der Waals surface area contributed by atoms with Gasteiger partial charge in [0.2, 0.25) is 0 Å². The van der Waals surface area contributed by atoms with Crippen molar-refractivity contribution in [1.82, 2.24) is 15.0 Å². The van der Waals surface area contributed by atoms with Crippen LogP contribution >= 0.6 is 11.3 Å². The lowest BCUT2D eigenvalue weighted by Gasteiger charge is -2.13. The molecule has 4 aromatic rings. The summed E-state index contributed by atoms with van der Waals surface area (Å²) >= 11 is 1.27. The first-order chi connectivity index (χ1) is 15.5. The summed E-state index contributed by atoms with van der Waals surface area (Å²) in [4.78, 5) is 24.1. The Morgan fingerprint density at radius 2 is 2.12 bits per heavy atom. The molecule has 11 heteroatoms. The molecule has 4 N–H and O–H groups in total. The third-order valence-electron chi connectivity index (χ3n) is 4.58. The summed E-state index contributed by atoms with van der Waals surface area (Å²) in [6.07, 6.45) is -2.37. The molecule has 0 aliphatic carbocycles. The van der Waals surface area contributed by atoms with Crippen molar-refractivity contribution < 1.29 is 28.5 Å². The summed E-state index contributed by atoms with van der Waals surface area (Å²) < 4.78 is 32.8. The highest BCUT2D eigenvalue weighted by atomic mass is 32.1. The van der Waals surface area contributed by atoms with Crippen LogP contribution in [0.1, 0.15) is 22.3 Å². The van der Waals surface area contributed by atoms with Gasteiger partial charge < -0.3 is 19.9 Å². The molecule has 0 radical (unpaired) electrons. The molecule has 0 bridgehead atoms. The summed E-state index contributed by atoms with van der Waals surface area (Å²) in [7, 11) is 0. The van der Waals surface area contributed by atoms with E-state index in [4.69, 9.17) is 9.84 Å². The Hall–Kier alpha value is -3.41. The number of nitrogens with one attached hydrogen (secondary N) is 2. The number of carbonyl (C=O) groups excluding carboxylic acids is 1. The number of alkyl halides is 2. The maximum Gasteiger partial charge on any atom is 0.264 e. The number of halogens is 2. The molecular weight excluding hydrogens is 442 g/mol. The maximum absolute atomic E-state index is 13.8. The molecule has 1 atom stereocenters. The molecule has 2 aromatic carbocycles. The Bertz CT molecular complexity index is 1230. The number of H-pyrrole nitrogens is 1. The fraction of sp³-hybridized carbons (Fsp3) is 0.190. The number of hydrogen-bond donors (Lipinski definition) is 4. The zero-order chi connectivity index (χ0) is 22.7. The van der Waals surface area contributed by atoms with Crippen molar-refractivity contribution >= 4 is 33.4 Å². The van der Waals surface area contributed by atoms with Gasteiger partial charge in [0.05, 0.1) is 17.7 Å². The van der Waals surface area contributed by atoms with Crippen LogP contribution in [0.3, 0.4) is 0 Å². The first-order valence-corrected chi connectivity index (χ1v) is 10.4. The van der Waals surface area contributed by atoms with E-state index in [0.717, 1.165) is 6.07 Å². The summed E-state index contributed by atoms with van der Waals surface area (Å²) in [6.45, 7) is -0.738. The van der Waals surface area contributed by atoms with E-state index in [0.29, 0.717) is 16.2 Å². The number of hydrogen-bond acceptors (Lipinski definition) is 7. The van der Waals surface area contributed by atoms with Gasteiger partial charge in [-0.1, -0.05) is 6.07 Å². The standard InChI is InChI=1S/C21H18F2N4O4S/c22-18(23)15-8-12(31-10-11(29)9-28)4-5-13(15)19-25-16-3-1-2-14(17(16)26-19)20(30)27-21-24-6-7-32-21/h1-8,11,18,28-29H,9-10H2,(H,25,26)(H,24,27,30). The molecule has 2 aromatic heterocycles. The number of imidazole rings is 1. The lowest BCUT2D eigenvalue weighted by molar-refractivity contribution is 0.0534. The van der Waals surface area contributed by atoms with Gasteiger partial charge in [0, 0.05) is 22.7 Å². The lowest BCUT2D eigenvalue weighted by atomic mass is 10.1. The van der Waals surface area contributed by atoms with Crippen molar-refractivity contribution in [3.8, 4) is 17.1 Å². The molecule has 4 rings (SSSR count). The van der Waals surface area contributed by atoms with E-state index in [1.165, 1.54) is 23.5 Å². The highest BCUT2D eigenvalue weighted by molar-refractivity contribution is 7.13. The number of rotatable bonds is 8. The topological polar surface area (TPSA) is 120 Å². The number of aromatic amines is 1. The maximum atomic E-state index is 13.8. The average molecular weight is 460 g/mol. The fourth-order valence-electron chi connectivity index (χ4n) is 3.06. The van der Waals surface area contributed by atoms with E-state index >= 15 is 0 Å². The number of aromatic nitrogens is 3. The van der Waals surface area contributed by atoms with Gasteiger partial charge in [-0.15, -0.1) is 11.3 Å². The zero-order valence-electron chi connectivity index (χ0n) is 16.5. The van der Waals surface area contributed by atoms with Crippen molar-refractivity contribution in [3.05, 3.63) is 59.1 Å². The molecule has 8 nitrogen and oxygen atoms in total. The van der Waals surface area contributed by atoms with Crippen LogP contribution in [0.2, 0.25) is 0 Å². The van der Waals surface area contributed by atoms with E-state index in [1.807, 2.05) is 0 Å². The monoisotopic (exact) mass is 460 g/mol. The molecule has 0 aliphatic rings. The van der Waals surface area contributed by atoms with Crippen LogP contribution in [0.5, 0.6) is 5.75 Å². The summed E-state index contributed by atoms with van der Waals surface area (Å²) in [5, 5.41) is 23.1. The Kier molecular flexibility index (Phi) is 6.40. The number of anilines is 1. The van der Waals surface area contributed by atoms with Crippen molar-refractivity contribution in [2.45, 2.75) is 12.5 Å². The molecule has 1 unspecified atom stereocenters. The second-order valence-electron chi connectivity index (χ2n) is 6.78. The van der Waals surface area contributed by atoms with Gasteiger partial charge in [-0.3, -0.25) is 10.1 Å². The summed E-state index contributed by atoms with van der Waals surface area (Å²) in [5.74, 6) is -0.119. The molecule has 0 saturated heterocycles. The number of nitrogens with zero attached hydrogens (tertiary/aromatic N) is 2. The molecule has 166 valence electrons. The minimum absolute atomic E-state index is 0.121. The number of fused-ring (bicyclic) bond motifs is 1. The molecule has 0 saturated carbocycles. The number of aliphatic hydroxyl groups is 2. The average Bonchev–Trinajstić information content (AvgIpc) is 3.46. The van der Waals surface area contributed by atoms with Crippen molar-refractivity contribution in [3.63, 3.8) is 0 Å². The van der Waals surface area contributed by atoms with Gasteiger partial charge in [0.25, 0.3) is 12.3 Å². The zero-order valence-corrected chi connectivity index (χ0v) is 17.3. The number of benzene rings is 2. The predicted octanol–water partition coefficient (Wildman–Crippen LogP) is 3.61. The highest BCUT2D eigenvalue weighted by Crippen LogP contribution is 2.34. The van der Waals surface area contributed by atoms with Gasteiger partial charge in [-0.05, 0) is 30.3 Å². The molecular formula is C21H18F2N4O4S. The number of amides is 1. The van der Waals surface area contributed by atoms with E-state index in [-0.39, 0.29) is 34.9 Å². The minimum atomic E-state index is -2.82. The highest BCUT2D eigenvalue weighted by Gasteiger charge is 2.20. The van der Waals surface area contributed by atoms with Crippen LogP contribution in [0.15, 0.2) is 48.0 Å². The number of para-hydroxylation sites is 1. The Morgan fingerprint density at radius 3 is 2.84 bits per heavy atom.